The molecule has 0 radical (unpaired) electrons. The zero-order valence-corrected chi connectivity index (χ0v) is 14.6. The summed E-state index contributed by atoms with van der Waals surface area (Å²) in [5.41, 5.74) is 2.03. The Hall–Kier alpha value is -1.39. The quantitative estimate of drug-likeness (QED) is 0.902. The number of ketones is 1. The van der Waals surface area contributed by atoms with Gasteiger partial charge in [0, 0.05) is 12.1 Å². The van der Waals surface area contributed by atoms with Crippen LogP contribution >= 0.6 is 0 Å². The summed E-state index contributed by atoms with van der Waals surface area (Å²) in [7, 11) is 0. The molecular formula is C20H27NO3. The van der Waals surface area contributed by atoms with Crippen LogP contribution in [0.4, 0.5) is 0 Å². The fourth-order valence-corrected chi connectivity index (χ4v) is 4.51. The highest BCUT2D eigenvalue weighted by Gasteiger charge is 2.46. The minimum Gasteiger partial charge on any atom is -0.488 e. The highest BCUT2D eigenvalue weighted by Crippen LogP contribution is 2.46. The predicted octanol–water partition coefficient (Wildman–Crippen LogP) is 2.85. The molecule has 1 saturated carbocycles. The number of hydrogen-bond acceptors (Lipinski definition) is 4. The molecule has 2 aliphatic carbocycles. The second-order valence-electron chi connectivity index (χ2n) is 7.86. The maximum atomic E-state index is 13.1. The van der Waals surface area contributed by atoms with Crippen LogP contribution in [0.15, 0.2) is 18.2 Å². The van der Waals surface area contributed by atoms with Crippen LogP contribution in [0, 0.1) is 11.8 Å². The summed E-state index contributed by atoms with van der Waals surface area (Å²) < 4.78 is 5.75. The van der Waals surface area contributed by atoms with Crippen LogP contribution in [-0.4, -0.2) is 47.6 Å². The maximum Gasteiger partial charge on any atom is 0.180 e. The van der Waals surface area contributed by atoms with Gasteiger partial charge in [-0.1, -0.05) is 6.92 Å². The van der Waals surface area contributed by atoms with Crippen LogP contribution in [0.25, 0.3) is 0 Å². The third-order valence-corrected chi connectivity index (χ3v) is 5.99. The number of fused-ring (bicyclic) bond motifs is 4. The van der Waals surface area contributed by atoms with E-state index in [1.165, 1.54) is 12.8 Å². The van der Waals surface area contributed by atoms with Crippen LogP contribution in [0.3, 0.4) is 0 Å². The van der Waals surface area contributed by atoms with Gasteiger partial charge in [0.1, 0.15) is 11.9 Å². The SMILES string of the molecule is CC(CO)Oc1ccc2c(c1)C1CCN(CC3CC3)C(C2=O)[C@@H]1C. The highest BCUT2D eigenvalue weighted by molar-refractivity contribution is 6.03. The zero-order valence-electron chi connectivity index (χ0n) is 14.6. The molecule has 4 atom stereocenters. The molecule has 0 amide bonds. The van der Waals surface area contributed by atoms with Gasteiger partial charge in [-0.2, -0.15) is 0 Å². The standard InChI is InChI=1S/C20H27NO3/c1-12(11-22)24-15-5-6-17-18(9-15)16-7-8-21(10-14-3-4-14)19(13(16)2)20(17)23/h5-6,9,12-14,16,19,22H,3-4,7-8,10-11H2,1-2H3/t12?,13-,16?,19?/m1/s1. The minimum absolute atomic E-state index is 0.00591. The van der Waals surface area contributed by atoms with Gasteiger partial charge in [0.2, 0.25) is 0 Å². The summed E-state index contributed by atoms with van der Waals surface area (Å²) in [6.45, 7) is 6.20. The van der Waals surface area contributed by atoms with Crippen molar-refractivity contribution in [3.8, 4) is 5.75 Å². The Bertz CT molecular complexity index is 640. The number of carbonyl (C=O) groups is 1. The van der Waals surface area contributed by atoms with E-state index in [0.717, 1.165) is 42.3 Å². The number of likely N-dealkylation sites (tertiary alicyclic amines) is 1. The Morgan fingerprint density at radius 1 is 1.33 bits per heavy atom. The van der Waals surface area contributed by atoms with E-state index in [9.17, 15) is 9.90 Å². The number of aliphatic hydroxyl groups excluding tert-OH is 1. The van der Waals surface area contributed by atoms with Crippen LogP contribution in [0.1, 0.15) is 54.9 Å². The molecule has 1 aromatic carbocycles. The minimum atomic E-state index is -0.229. The van der Waals surface area contributed by atoms with Crippen molar-refractivity contribution in [2.24, 2.45) is 11.8 Å². The van der Waals surface area contributed by atoms with Crippen LogP contribution in [0.2, 0.25) is 0 Å². The Balaban J connectivity index is 1.63. The topological polar surface area (TPSA) is 49.8 Å². The number of carbonyl (C=O) groups excluding carboxylic acids is 1. The molecule has 1 saturated heterocycles. The van der Waals surface area contributed by atoms with Gasteiger partial charge in [0.15, 0.2) is 5.78 Å². The maximum absolute atomic E-state index is 13.1. The molecule has 1 aliphatic heterocycles. The number of aliphatic hydroxyl groups is 1. The van der Waals surface area contributed by atoms with Crippen LogP contribution < -0.4 is 4.74 Å². The molecule has 1 N–H and O–H groups in total. The number of piperidine rings is 1. The molecule has 0 aromatic heterocycles. The van der Waals surface area contributed by atoms with Gasteiger partial charge in [-0.05, 0) is 74.2 Å². The summed E-state index contributed by atoms with van der Waals surface area (Å²) in [5.74, 6) is 2.66. The van der Waals surface area contributed by atoms with Gasteiger partial charge in [-0.15, -0.1) is 0 Å². The Morgan fingerprint density at radius 3 is 2.83 bits per heavy atom. The second-order valence-corrected chi connectivity index (χ2v) is 7.86. The van der Waals surface area contributed by atoms with Crippen molar-refractivity contribution in [2.75, 3.05) is 19.7 Å². The van der Waals surface area contributed by atoms with E-state index in [-0.39, 0.29) is 24.5 Å². The van der Waals surface area contributed by atoms with Gasteiger partial charge in [-0.3, -0.25) is 9.69 Å². The normalized spacial score (nSPS) is 30.8. The molecular weight excluding hydrogens is 302 g/mol. The monoisotopic (exact) mass is 329 g/mol. The average molecular weight is 329 g/mol. The molecule has 24 heavy (non-hydrogen) atoms. The number of ether oxygens (including phenoxy) is 1. The van der Waals surface area contributed by atoms with E-state index in [2.05, 4.69) is 11.8 Å². The number of hydrogen-bond donors (Lipinski definition) is 1. The average Bonchev–Trinajstić information content (AvgIpc) is 3.37. The van der Waals surface area contributed by atoms with Crippen molar-refractivity contribution in [3.63, 3.8) is 0 Å². The van der Waals surface area contributed by atoms with E-state index in [4.69, 9.17) is 4.74 Å². The van der Waals surface area contributed by atoms with Gasteiger partial charge in [0.25, 0.3) is 0 Å². The van der Waals surface area contributed by atoms with Gasteiger partial charge in [-0.25, -0.2) is 0 Å². The molecule has 4 rings (SSSR count). The molecule has 2 bridgehead atoms. The van der Waals surface area contributed by atoms with Crippen LogP contribution in [-0.2, 0) is 0 Å². The van der Waals surface area contributed by atoms with Crippen molar-refractivity contribution in [1.82, 2.24) is 4.90 Å². The van der Waals surface area contributed by atoms with Gasteiger partial charge in [0.05, 0.1) is 12.6 Å². The zero-order chi connectivity index (χ0) is 16.8. The summed E-state index contributed by atoms with van der Waals surface area (Å²) in [6, 6.07) is 5.90. The molecule has 1 heterocycles. The first-order valence-corrected chi connectivity index (χ1v) is 9.28. The van der Waals surface area contributed by atoms with E-state index in [1.807, 2.05) is 25.1 Å². The largest absolute Gasteiger partial charge is 0.488 e. The molecule has 0 spiro atoms. The summed E-state index contributed by atoms with van der Waals surface area (Å²) in [5, 5.41) is 9.18. The molecule has 130 valence electrons. The van der Waals surface area contributed by atoms with Gasteiger partial charge >= 0.3 is 0 Å². The van der Waals surface area contributed by atoms with Crippen molar-refractivity contribution in [2.45, 2.75) is 51.2 Å². The van der Waals surface area contributed by atoms with Gasteiger partial charge < -0.3 is 9.84 Å². The third kappa shape index (κ3) is 2.76. The smallest absolute Gasteiger partial charge is 0.180 e. The fourth-order valence-electron chi connectivity index (χ4n) is 4.51. The summed E-state index contributed by atoms with van der Waals surface area (Å²) in [4.78, 5) is 15.6. The van der Waals surface area contributed by atoms with Crippen LogP contribution in [0.5, 0.6) is 5.75 Å². The first-order valence-electron chi connectivity index (χ1n) is 9.28. The molecule has 3 unspecified atom stereocenters. The van der Waals surface area contributed by atoms with E-state index >= 15 is 0 Å². The number of Topliss-reactive ketones (excluding diaryl/α,β-unsaturated/α-hetero) is 1. The highest BCUT2D eigenvalue weighted by atomic mass is 16.5. The first-order chi connectivity index (χ1) is 11.6. The lowest BCUT2D eigenvalue weighted by Crippen LogP contribution is -2.55. The number of rotatable bonds is 5. The van der Waals surface area contributed by atoms with Crippen molar-refractivity contribution in [1.29, 1.82) is 0 Å². The molecule has 4 heteroatoms. The van der Waals surface area contributed by atoms with E-state index in [0.29, 0.717) is 11.8 Å². The molecule has 3 aliphatic rings. The van der Waals surface area contributed by atoms with Crippen molar-refractivity contribution in [3.05, 3.63) is 29.3 Å². The Morgan fingerprint density at radius 2 is 2.12 bits per heavy atom. The molecule has 4 nitrogen and oxygen atoms in total. The first kappa shape index (κ1) is 16.1. The summed E-state index contributed by atoms with van der Waals surface area (Å²) in [6.07, 6.45) is 3.54. The Kier molecular flexibility index (Phi) is 4.13. The van der Waals surface area contributed by atoms with Crippen molar-refractivity contribution >= 4 is 5.78 Å². The van der Waals surface area contributed by atoms with Crippen molar-refractivity contribution < 1.29 is 14.6 Å². The molecule has 2 fully saturated rings. The number of benzene rings is 1. The van der Waals surface area contributed by atoms with E-state index < -0.39 is 0 Å². The summed E-state index contributed by atoms with van der Waals surface area (Å²) >= 11 is 0. The lowest BCUT2D eigenvalue weighted by atomic mass is 9.68. The second kappa shape index (κ2) is 6.16. The lowest BCUT2D eigenvalue weighted by molar-refractivity contribution is 0.0490. The Labute approximate surface area is 143 Å². The third-order valence-electron chi connectivity index (χ3n) is 5.99. The predicted molar refractivity (Wildman–Crippen MR) is 92.6 cm³/mol. The fraction of sp³-hybridized carbons (Fsp3) is 0.650. The number of nitrogens with zero attached hydrogens (tertiary/aromatic N) is 1. The molecule has 1 aromatic rings. The van der Waals surface area contributed by atoms with E-state index in [1.54, 1.807) is 0 Å². The lowest BCUT2D eigenvalue weighted by Gasteiger charge is -2.47.